The molecule has 18 heavy (non-hydrogen) atoms. The number of carboxylic acid groups (broad SMARTS) is 1. The van der Waals surface area contributed by atoms with E-state index in [4.69, 9.17) is 4.74 Å². The Kier molecular flexibility index (Phi) is 4.85. The number of carbonyl (C=O) groups excluding carboxylic acids is 1. The van der Waals surface area contributed by atoms with Crippen LogP contribution in [0.3, 0.4) is 0 Å². The van der Waals surface area contributed by atoms with Crippen molar-refractivity contribution < 1.29 is 19.4 Å². The molecule has 0 saturated heterocycles. The standard InChI is InChI=1S/C13H17NO4/c1-13(12(16)17,10-6-4-3-5-7-10)14-11(15)8-9-18-2/h3-7H,8-9H2,1-2H3,(H,14,15)(H,16,17). The second kappa shape index (κ2) is 6.16. The highest BCUT2D eigenvalue weighted by molar-refractivity contribution is 5.87. The first-order valence-electron chi connectivity index (χ1n) is 5.59. The van der Waals surface area contributed by atoms with Crippen molar-refractivity contribution >= 4 is 11.9 Å². The fourth-order valence-electron chi connectivity index (χ4n) is 1.56. The molecule has 0 spiro atoms. The molecule has 0 aromatic heterocycles. The molecule has 1 rings (SSSR count). The lowest BCUT2D eigenvalue weighted by atomic mass is 9.92. The Labute approximate surface area is 106 Å². The van der Waals surface area contributed by atoms with Crippen molar-refractivity contribution in [3.8, 4) is 0 Å². The minimum absolute atomic E-state index is 0.131. The van der Waals surface area contributed by atoms with E-state index in [0.29, 0.717) is 5.56 Å². The highest BCUT2D eigenvalue weighted by Gasteiger charge is 2.36. The smallest absolute Gasteiger partial charge is 0.333 e. The SMILES string of the molecule is COCCC(=O)NC(C)(C(=O)O)c1ccccc1. The van der Waals surface area contributed by atoms with Crippen LogP contribution in [0.2, 0.25) is 0 Å². The van der Waals surface area contributed by atoms with Gasteiger partial charge in [-0.3, -0.25) is 4.79 Å². The Hall–Kier alpha value is -1.88. The third kappa shape index (κ3) is 3.30. The molecule has 1 amide bonds. The van der Waals surface area contributed by atoms with Crippen molar-refractivity contribution in [3.05, 3.63) is 35.9 Å². The molecule has 0 aliphatic heterocycles. The number of aliphatic carboxylic acids is 1. The van der Waals surface area contributed by atoms with Crippen LogP contribution >= 0.6 is 0 Å². The van der Waals surface area contributed by atoms with Gasteiger partial charge in [0.15, 0.2) is 5.54 Å². The van der Waals surface area contributed by atoms with E-state index in [9.17, 15) is 14.7 Å². The molecular formula is C13H17NO4. The summed E-state index contributed by atoms with van der Waals surface area (Å²) in [6.45, 7) is 1.73. The van der Waals surface area contributed by atoms with E-state index in [-0.39, 0.29) is 18.9 Å². The van der Waals surface area contributed by atoms with Gasteiger partial charge in [-0.25, -0.2) is 4.79 Å². The molecule has 1 atom stereocenters. The predicted octanol–water partition coefficient (Wildman–Crippen LogP) is 1.14. The number of benzene rings is 1. The fraction of sp³-hybridized carbons (Fsp3) is 0.385. The van der Waals surface area contributed by atoms with Crippen LogP contribution in [-0.4, -0.2) is 30.7 Å². The van der Waals surface area contributed by atoms with Gasteiger partial charge in [-0.2, -0.15) is 0 Å². The minimum Gasteiger partial charge on any atom is -0.479 e. The summed E-state index contributed by atoms with van der Waals surface area (Å²) >= 11 is 0. The molecule has 5 heteroatoms. The summed E-state index contributed by atoms with van der Waals surface area (Å²) in [4.78, 5) is 23.0. The van der Waals surface area contributed by atoms with E-state index in [2.05, 4.69) is 5.32 Å². The van der Waals surface area contributed by atoms with Crippen LogP contribution in [0.4, 0.5) is 0 Å². The van der Waals surface area contributed by atoms with E-state index in [0.717, 1.165) is 0 Å². The molecule has 2 N–H and O–H groups in total. The first-order chi connectivity index (χ1) is 8.50. The van der Waals surface area contributed by atoms with Gasteiger partial charge in [0.1, 0.15) is 0 Å². The highest BCUT2D eigenvalue weighted by atomic mass is 16.5. The summed E-state index contributed by atoms with van der Waals surface area (Å²) in [6.07, 6.45) is 0.131. The van der Waals surface area contributed by atoms with Crippen molar-refractivity contribution in [1.29, 1.82) is 0 Å². The van der Waals surface area contributed by atoms with Crippen molar-refractivity contribution in [1.82, 2.24) is 5.32 Å². The van der Waals surface area contributed by atoms with E-state index in [1.54, 1.807) is 30.3 Å². The summed E-state index contributed by atoms with van der Waals surface area (Å²) in [5.74, 6) is -1.45. The number of ether oxygens (including phenoxy) is 1. The average Bonchev–Trinajstić information content (AvgIpc) is 2.37. The third-order valence-electron chi connectivity index (χ3n) is 2.70. The maximum absolute atomic E-state index is 11.6. The number of nitrogens with one attached hydrogen (secondary N) is 1. The molecule has 0 radical (unpaired) electrons. The summed E-state index contributed by atoms with van der Waals surface area (Å²) in [6, 6.07) is 8.60. The third-order valence-corrected chi connectivity index (χ3v) is 2.70. The minimum atomic E-state index is -1.42. The number of methoxy groups -OCH3 is 1. The topological polar surface area (TPSA) is 75.6 Å². The Morgan fingerprint density at radius 2 is 1.94 bits per heavy atom. The zero-order chi connectivity index (χ0) is 13.6. The maximum Gasteiger partial charge on any atom is 0.333 e. The van der Waals surface area contributed by atoms with Crippen LogP contribution < -0.4 is 5.32 Å². The van der Waals surface area contributed by atoms with Gasteiger partial charge in [0, 0.05) is 13.5 Å². The number of rotatable bonds is 6. The van der Waals surface area contributed by atoms with Crippen molar-refractivity contribution in [2.75, 3.05) is 13.7 Å². The molecule has 1 unspecified atom stereocenters. The maximum atomic E-state index is 11.6. The van der Waals surface area contributed by atoms with E-state index in [1.807, 2.05) is 0 Å². The van der Waals surface area contributed by atoms with Crippen LogP contribution in [0.1, 0.15) is 18.9 Å². The highest BCUT2D eigenvalue weighted by Crippen LogP contribution is 2.20. The monoisotopic (exact) mass is 251 g/mol. The molecule has 1 aromatic rings. The molecule has 0 aliphatic carbocycles. The molecule has 1 aromatic carbocycles. The van der Waals surface area contributed by atoms with Crippen LogP contribution in [-0.2, 0) is 19.9 Å². The molecule has 0 bridgehead atoms. The Balaban J connectivity index is 2.89. The molecular weight excluding hydrogens is 234 g/mol. The van der Waals surface area contributed by atoms with Gasteiger partial charge in [0.05, 0.1) is 6.61 Å². The van der Waals surface area contributed by atoms with Crippen molar-refractivity contribution in [3.63, 3.8) is 0 Å². The number of amides is 1. The van der Waals surface area contributed by atoms with Gasteiger partial charge in [0.2, 0.25) is 5.91 Å². The first kappa shape index (κ1) is 14.2. The molecule has 0 saturated carbocycles. The largest absolute Gasteiger partial charge is 0.479 e. The van der Waals surface area contributed by atoms with Gasteiger partial charge in [-0.15, -0.1) is 0 Å². The number of carbonyl (C=O) groups is 2. The number of hydrogen-bond donors (Lipinski definition) is 2. The van der Waals surface area contributed by atoms with E-state index in [1.165, 1.54) is 14.0 Å². The summed E-state index contributed by atoms with van der Waals surface area (Å²) in [5.41, 5.74) is -0.894. The summed E-state index contributed by atoms with van der Waals surface area (Å²) in [5, 5.41) is 11.8. The van der Waals surface area contributed by atoms with Gasteiger partial charge < -0.3 is 15.2 Å². The lowest BCUT2D eigenvalue weighted by molar-refractivity contribution is -0.147. The molecule has 0 aliphatic rings. The van der Waals surface area contributed by atoms with Crippen LogP contribution in [0.5, 0.6) is 0 Å². The fourth-order valence-corrected chi connectivity index (χ4v) is 1.56. The van der Waals surface area contributed by atoms with Gasteiger partial charge in [-0.05, 0) is 12.5 Å². The normalized spacial score (nSPS) is 13.7. The summed E-state index contributed by atoms with van der Waals surface area (Å²) in [7, 11) is 1.49. The van der Waals surface area contributed by atoms with Crippen LogP contribution in [0.15, 0.2) is 30.3 Å². The molecule has 5 nitrogen and oxygen atoms in total. The quantitative estimate of drug-likeness (QED) is 0.795. The average molecular weight is 251 g/mol. The zero-order valence-electron chi connectivity index (χ0n) is 10.5. The second-order valence-corrected chi connectivity index (χ2v) is 4.09. The van der Waals surface area contributed by atoms with E-state index < -0.39 is 11.5 Å². The molecule has 98 valence electrons. The lowest BCUT2D eigenvalue weighted by Crippen LogP contribution is -2.49. The molecule has 0 fully saturated rings. The zero-order valence-corrected chi connectivity index (χ0v) is 10.5. The number of carboxylic acids is 1. The van der Waals surface area contributed by atoms with Gasteiger partial charge >= 0.3 is 5.97 Å². The Morgan fingerprint density at radius 3 is 2.44 bits per heavy atom. The van der Waals surface area contributed by atoms with Crippen LogP contribution in [0.25, 0.3) is 0 Å². The Bertz CT molecular complexity index is 418. The van der Waals surface area contributed by atoms with Crippen LogP contribution in [0, 0.1) is 0 Å². The first-order valence-corrected chi connectivity index (χ1v) is 5.59. The van der Waals surface area contributed by atoms with Crippen molar-refractivity contribution in [2.45, 2.75) is 18.9 Å². The van der Waals surface area contributed by atoms with Gasteiger partial charge in [0.25, 0.3) is 0 Å². The Morgan fingerprint density at radius 1 is 1.33 bits per heavy atom. The summed E-state index contributed by atoms with van der Waals surface area (Å²) < 4.78 is 4.78. The van der Waals surface area contributed by atoms with E-state index >= 15 is 0 Å². The van der Waals surface area contributed by atoms with Gasteiger partial charge in [-0.1, -0.05) is 30.3 Å². The molecule has 0 heterocycles. The van der Waals surface area contributed by atoms with Crippen molar-refractivity contribution in [2.24, 2.45) is 0 Å². The predicted molar refractivity (Wildman–Crippen MR) is 66.1 cm³/mol. The lowest BCUT2D eigenvalue weighted by Gasteiger charge is -2.26. The second-order valence-electron chi connectivity index (χ2n) is 4.09. The number of hydrogen-bond acceptors (Lipinski definition) is 3.